The number of hydrogen-bond acceptors (Lipinski definition) is 2. The zero-order valence-electron chi connectivity index (χ0n) is 5.64. The molecule has 1 radical (unpaired) electrons. The van der Waals surface area contributed by atoms with E-state index in [-0.39, 0.29) is 6.23 Å². The minimum absolute atomic E-state index is 0.0370. The Bertz CT molecular complexity index is 49.7. The molecule has 0 rings (SSSR count). The fraction of sp³-hybridized carbons (Fsp3) is 1.00. The van der Waals surface area contributed by atoms with Crippen LogP contribution >= 0.6 is 0 Å². The van der Waals surface area contributed by atoms with Crippen LogP contribution in [0.5, 0.6) is 0 Å². The Hall–Kier alpha value is -0.120. The van der Waals surface area contributed by atoms with Crippen molar-refractivity contribution in [1.29, 1.82) is 0 Å². The first kappa shape index (κ1) is 7.88. The van der Waals surface area contributed by atoms with E-state index in [4.69, 9.17) is 4.84 Å². The molecule has 8 heavy (non-hydrogen) atoms. The maximum absolute atomic E-state index is 4.85. The highest BCUT2D eigenvalue weighted by Crippen LogP contribution is 1.77. The molecule has 0 fully saturated rings. The lowest BCUT2D eigenvalue weighted by molar-refractivity contribution is -0.0326. The standard InChI is InChI=1S/C5H13N2O/c1-4-7-8-5(2)6-3/h5-6H,4H2,1-3H3. The second kappa shape index (κ2) is 5.03. The van der Waals surface area contributed by atoms with Crippen molar-refractivity contribution in [3.05, 3.63) is 0 Å². The second-order valence-corrected chi connectivity index (χ2v) is 1.48. The SMILES string of the molecule is CC[N]OC(C)NC. The summed E-state index contributed by atoms with van der Waals surface area (Å²) in [5.74, 6) is 0. The average Bonchev–Trinajstić information content (AvgIpc) is 1.83. The first-order chi connectivity index (χ1) is 3.81. The molecule has 0 aromatic carbocycles. The van der Waals surface area contributed by atoms with Crippen LogP contribution in [0.3, 0.4) is 0 Å². The van der Waals surface area contributed by atoms with Crippen LogP contribution in [0.25, 0.3) is 0 Å². The molecule has 1 N–H and O–H groups in total. The molecule has 0 saturated heterocycles. The van der Waals surface area contributed by atoms with Gasteiger partial charge in [-0.15, -0.1) is 0 Å². The minimum Gasteiger partial charge on any atom is -0.294 e. The summed E-state index contributed by atoms with van der Waals surface area (Å²) in [7, 11) is 1.83. The molecule has 0 aromatic rings. The molecule has 0 aromatic heterocycles. The smallest absolute Gasteiger partial charge is 0.128 e. The van der Waals surface area contributed by atoms with Crippen molar-refractivity contribution in [2.24, 2.45) is 0 Å². The summed E-state index contributed by atoms with van der Waals surface area (Å²) in [6.45, 7) is 4.55. The van der Waals surface area contributed by atoms with Crippen molar-refractivity contribution >= 4 is 0 Å². The molecule has 0 saturated carbocycles. The molecule has 0 aliphatic rings. The Morgan fingerprint density at radius 3 is 2.75 bits per heavy atom. The number of hydroxylamine groups is 1. The third-order valence-corrected chi connectivity index (χ3v) is 0.768. The molecule has 0 aliphatic carbocycles. The van der Waals surface area contributed by atoms with Crippen molar-refractivity contribution in [2.75, 3.05) is 13.6 Å². The third kappa shape index (κ3) is 4.05. The largest absolute Gasteiger partial charge is 0.294 e. The van der Waals surface area contributed by atoms with Crippen LogP contribution in [0.1, 0.15) is 13.8 Å². The van der Waals surface area contributed by atoms with E-state index >= 15 is 0 Å². The summed E-state index contributed by atoms with van der Waals surface area (Å²) in [6, 6.07) is 0. The Kier molecular flexibility index (Phi) is 4.95. The molecule has 0 spiro atoms. The number of hydrogen-bond donors (Lipinski definition) is 1. The van der Waals surface area contributed by atoms with Gasteiger partial charge in [0, 0.05) is 6.54 Å². The summed E-state index contributed by atoms with van der Waals surface area (Å²) in [4.78, 5) is 4.85. The van der Waals surface area contributed by atoms with Gasteiger partial charge in [-0.2, -0.15) is 0 Å². The van der Waals surface area contributed by atoms with Crippen molar-refractivity contribution < 1.29 is 4.84 Å². The maximum atomic E-state index is 4.85. The number of nitrogens with zero attached hydrogens (tertiary/aromatic N) is 1. The minimum atomic E-state index is 0.0370. The van der Waals surface area contributed by atoms with E-state index in [9.17, 15) is 0 Å². The maximum Gasteiger partial charge on any atom is 0.128 e. The van der Waals surface area contributed by atoms with Gasteiger partial charge in [-0.1, -0.05) is 5.48 Å². The fourth-order valence-corrected chi connectivity index (χ4v) is 0.239. The molecule has 49 valence electrons. The molecule has 0 bridgehead atoms. The van der Waals surface area contributed by atoms with E-state index < -0.39 is 0 Å². The normalized spacial score (nSPS) is 13.9. The van der Waals surface area contributed by atoms with Gasteiger partial charge in [0.15, 0.2) is 0 Å². The average molecular weight is 117 g/mol. The zero-order valence-corrected chi connectivity index (χ0v) is 5.64. The molecule has 1 atom stereocenters. The Morgan fingerprint density at radius 2 is 2.38 bits per heavy atom. The van der Waals surface area contributed by atoms with Gasteiger partial charge in [-0.3, -0.25) is 10.2 Å². The molecule has 3 nitrogen and oxygen atoms in total. The highest BCUT2D eigenvalue weighted by atomic mass is 16.7. The quantitative estimate of drug-likeness (QED) is 0.419. The molecule has 0 aliphatic heterocycles. The lowest BCUT2D eigenvalue weighted by Crippen LogP contribution is -2.27. The number of rotatable bonds is 4. The van der Waals surface area contributed by atoms with Crippen molar-refractivity contribution in [2.45, 2.75) is 20.1 Å². The van der Waals surface area contributed by atoms with Crippen LogP contribution in [0.2, 0.25) is 0 Å². The van der Waals surface area contributed by atoms with Crippen LogP contribution in [0, 0.1) is 0 Å². The second-order valence-electron chi connectivity index (χ2n) is 1.48. The predicted octanol–water partition coefficient (Wildman–Crippen LogP) is 0.108. The van der Waals surface area contributed by atoms with E-state index in [2.05, 4.69) is 10.8 Å². The Labute approximate surface area is 50.4 Å². The van der Waals surface area contributed by atoms with E-state index in [0.717, 1.165) is 0 Å². The van der Waals surface area contributed by atoms with E-state index in [1.165, 1.54) is 0 Å². The van der Waals surface area contributed by atoms with Crippen LogP contribution in [0.4, 0.5) is 0 Å². The summed E-state index contributed by atoms with van der Waals surface area (Å²) in [5, 5.41) is 2.88. The van der Waals surface area contributed by atoms with Crippen molar-refractivity contribution in [1.82, 2.24) is 10.8 Å². The van der Waals surface area contributed by atoms with Gasteiger partial charge in [0.2, 0.25) is 0 Å². The van der Waals surface area contributed by atoms with E-state index in [1.54, 1.807) is 0 Å². The zero-order chi connectivity index (χ0) is 6.41. The first-order valence-electron chi connectivity index (χ1n) is 2.81. The van der Waals surface area contributed by atoms with Crippen LogP contribution < -0.4 is 10.8 Å². The lowest BCUT2D eigenvalue weighted by Gasteiger charge is -2.07. The topological polar surface area (TPSA) is 35.4 Å². The molecular formula is C5H13N2O. The highest BCUT2D eigenvalue weighted by Gasteiger charge is 1.93. The Balaban J connectivity index is 2.86. The van der Waals surface area contributed by atoms with Gasteiger partial charge in [-0.05, 0) is 20.9 Å². The van der Waals surface area contributed by atoms with Gasteiger partial charge in [0.05, 0.1) is 0 Å². The molecule has 0 heterocycles. The summed E-state index contributed by atoms with van der Waals surface area (Å²) in [6.07, 6.45) is 0.0370. The summed E-state index contributed by atoms with van der Waals surface area (Å²) < 4.78 is 0. The predicted molar refractivity (Wildman–Crippen MR) is 32.3 cm³/mol. The monoisotopic (exact) mass is 117 g/mol. The van der Waals surface area contributed by atoms with Gasteiger partial charge in [-0.25, -0.2) is 0 Å². The summed E-state index contributed by atoms with van der Waals surface area (Å²) >= 11 is 0. The van der Waals surface area contributed by atoms with Gasteiger partial charge in [0.1, 0.15) is 6.23 Å². The molecular weight excluding hydrogens is 104 g/mol. The molecule has 0 amide bonds. The molecule has 3 heteroatoms. The van der Waals surface area contributed by atoms with Gasteiger partial charge < -0.3 is 0 Å². The van der Waals surface area contributed by atoms with Gasteiger partial charge >= 0.3 is 0 Å². The van der Waals surface area contributed by atoms with Crippen LogP contribution in [-0.2, 0) is 4.84 Å². The van der Waals surface area contributed by atoms with E-state index in [0.29, 0.717) is 6.54 Å². The number of nitrogens with one attached hydrogen (secondary N) is 1. The van der Waals surface area contributed by atoms with Crippen molar-refractivity contribution in [3.63, 3.8) is 0 Å². The van der Waals surface area contributed by atoms with Crippen LogP contribution in [0.15, 0.2) is 0 Å². The summed E-state index contributed by atoms with van der Waals surface area (Å²) in [5.41, 5.74) is 3.68. The van der Waals surface area contributed by atoms with E-state index in [1.807, 2.05) is 20.9 Å². The van der Waals surface area contributed by atoms with Crippen molar-refractivity contribution in [3.8, 4) is 0 Å². The lowest BCUT2D eigenvalue weighted by atomic mass is 10.7. The molecule has 1 unspecified atom stereocenters. The third-order valence-electron chi connectivity index (χ3n) is 0.768. The Morgan fingerprint density at radius 1 is 1.75 bits per heavy atom. The van der Waals surface area contributed by atoms with Gasteiger partial charge in [0.25, 0.3) is 0 Å². The first-order valence-corrected chi connectivity index (χ1v) is 2.81. The fourth-order valence-electron chi connectivity index (χ4n) is 0.239. The highest BCUT2D eigenvalue weighted by molar-refractivity contribution is 4.34. The van der Waals surface area contributed by atoms with Crippen LogP contribution in [-0.4, -0.2) is 19.8 Å².